The van der Waals surface area contributed by atoms with E-state index in [1.54, 1.807) is 6.07 Å². The number of carbonyl (C=O) groups excluding carboxylic acids is 1. The fraction of sp³-hybridized carbons (Fsp3) is 0.182. The first-order chi connectivity index (χ1) is 14.9. The third-order valence-corrected chi connectivity index (χ3v) is 7.49. The van der Waals surface area contributed by atoms with E-state index in [1.165, 1.54) is 28.6 Å². The van der Waals surface area contributed by atoms with Crippen molar-refractivity contribution in [3.8, 4) is 11.3 Å². The minimum absolute atomic E-state index is 0.0674. The van der Waals surface area contributed by atoms with Crippen molar-refractivity contribution in [2.24, 2.45) is 0 Å². The van der Waals surface area contributed by atoms with Crippen LogP contribution in [0.15, 0.2) is 70.4 Å². The largest absolute Gasteiger partial charge is 0.322 e. The molecular formula is C22H20ClN3O4S. The molecule has 1 aliphatic rings. The minimum atomic E-state index is -3.75. The van der Waals surface area contributed by atoms with Crippen LogP contribution < -0.4 is 10.9 Å². The molecule has 160 valence electrons. The number of hydrogen-bond donors (Lipinski definition) is 2. The average molecular weight is 458 g/mol. The first-order valence-corrected chi connectivity index (χ1v) is 11.6. The Morgan fingerprint density at radius 3 is 2.39 bits per heavy atom. The second kappa shape index (κ2) is 8.66. The number of aromatic nitrogens is 1. The molecular weight excluding hydrogens is 438 g/mol. The summed E-state index contributed by atoms with van der Waals surface area (Å²) < 4.78 is 27.1. The lowest BCUT2D eigenvalue weighted by Gasteiger charge is -2.17. The molecule has 0 saturated carbocycles. The number of pyridine rings is 1. The molecule has 1 fully saturated rings. The van der Waals surface area contributed by atoms with Crippen molar-refractivity contribution in [3.05, 3.63) is 81.6 Å². The van der Waals surface area contributed by atoms with E-state index in [0.717, 1.165) is 18.4 Å². The van der Waals surface area contributed by atoms with Crippen molar-refractivity contribution in [1.82, 2.24) is 9.29 Å². The van der Waals surface area contributed by atoms with Gasteiger partial charge in [0.1, 0.15) is 10.5 Å². The maximum atomic E-state index is 12.9. The number of rotatable bonds is 5. The zero-order valence-electron chi connectivity index (χ0n) is 16.5. The highest BCUT2D eigenvalue weighted by Crippen LogP contribution is 2.29. The van der Waals surface area contributed by atoms with E-state index < -0.39 is 21.5 Å². The predicted molar refractivity (Wildman–Crippen MR) is 120 cm³/mol. The minimum Gasteiger partial charge on any atom is -0.322 e. The van der Waals surface area contributed by atoms with E-state index in [2.05, 4.69) is 10.3 Å². The summed E-state index contributed by atoms with van der Waals surface area (Å²) in [7, 11) is -3.75. The van der Waals surface area contributed by atoms with Gasteiger partial charge in [-0.25, -0.2) is 8.42 Å². The molecule has 0 bridgehead atoms. The van der Waals surface area contributed by atoms with Crippen LogP contribution in [-0.4, -0.2) is 36.7 Å². The molecule has 31 heavy (non-hydrogen) atoms. The molecule has 0 spiro atoms. The number of halogens is 1. The van der Waals surface area contributed by atoms with Crippen LogP contribution in [0.2, 0.25) is 5.02 Å². The standard InChI is InChI=1S/C22H20ClN3O4S/c23-18-10-8-16(14-20(18)31(29,30)26-12-4-5-13-26)24-21(27)17-9-11-19(25-22(17)28)15-6-2-1-3-7-15/h1-3,6-11,14H,4-5,12-13H2,(H,24,27)(H,25,28). The topological polar surface area (TPSA) is 99.3 Å². The van der Waals surface area contributed by atoms with Crippen LogP contribution >= 0.6 is 11.6 Å². The monoisotopic (exact) mass is 457 g/mol. The molecule has 7 nitrogen and oxygen atoms in total. The van der Waals surface area contributed by atoms with Crippen LogP contribution in [-0.2, 0) is 10.0 Å². The number of aromatic amines is 1. The van der Waals surface area contributed by atoms with E-state index in [1.807, 2.05) is 30.3 Å². The molecule has 4 rings (SSSR count). The van der Waals surface area contributed by atoms with E-state index in [0.29, 0.717) is 18.8 Å². The number of hydrogen-bond acceptors (Lipinski definition) is 4. The quantitative estimate of drug-likeness (QED) is 0.609. The Hall–Kier alpha value is -2.94. The molecule has 2 N–H and O–H groups in total. The SMILES string of the molecule is O=C(Nc1ccc(Cl)c(S(=O)(=O)N2CCCC2)c1)c1ccc(-c2ccccc2)[nH]c1=O. The number of nitrogens with one attached hydrogen (secondary N) is 2. The van der Waals surface area contributed by atoms with Gasteiger partial charge >= 0.3 is 0 Å². The highest BCUT2D eigenvalue weighted by molar-refractivity contribution is 7.89. The van der Waals surface area contributed by atoms with Crippen LogP contribution in [0.3, 0.4) is 0 Å². The second-order valence-electron chi connectivity index (χ2n) is 7.19. The summed E-state index contributed by atoms with van der Waals surface area (Å²) >= 11 is 6.14. The number of H-pyrrole nitrogens is 1. The highest BCUT2D eigenvalue weighted by Gasteiger charge is 2.29. The van der Waals surface area contributed by atoms with Gasteiger partial charge in [0.05, 0.1) is 5.02 Å². The van der Waals surface area contributed by atoms with E-state index in [4.69, 9.17) is 11.6 Å². The Labute approximate surface area is 184 Å². The molecule has 0 atom stereocenters. The molecule has 1 aromatic heterocycles. The van der Waals surface area contributed by atoms with Crippen LogP contribution in [0, 0.1) is 0 Å². The highest BCUT2D eigenvalue weighted by atomic mass is 35.5. The molecule has 2 aromatic carbocycles. The average Bonchev–Trinajstić information content (AvgIpc) is 3.31. The Morgan fingerprint density at radius 2 is 1.71 bits per heavy atom. The van der Waals surface area contributed by atoms with Crippen molar-refractivity contribution in [1.29, 1.82) is 0 Å². The molecule has 1 aliphatic heterocycles. The maximum Gasteiger partial charge on any atom is 0.261 e. The van der Waals surface area contributed by atoms with Crippen molar-refractivity contribution < 1.29 is 13.2 Å². The van der Waals surface area contributed by atoms with E-state index >= 15 is 0 Å². The van der Waals surface area contributed by atoms with Gasteiger partial charge in [-0.05, 0) is 48.7 Å². The van der Waals surface area contributed by atoms with Crippen LogP contribution in [0.5, 0.6) is 0 Å². The third-order valence-electron chi connectivity index (χ3n) is 5.11. The van der Waals surface area contributed by atoms with E-state index in [-0.39, 0.29) is 21.2 Å². The van der Waals surface area contributed by atoms with Crippen molar-refractivity contribution in [2.45, 2.75) is 17.7 Å². The molecule has 1 saturated heterocycles. The molecule has 3 aromatic rings. The van der Waals surface area contributed by atoms with Crippen LogP contribution in [0.1, 0.15) is 23.2 Å². The summed E-state index contributed by atoms with van der Waals surface area (Å²) in [6.45, 7) is 0.886. The molecule has 0 unspecified atom stereocenters. The molecule has 0 aliphatic carbocycles. The fourth-order valence-electron chi connectivity index (χ4n) is 3.48. The summed E-state index contributed by atoms with van der Waals surface area (Å²) in [5.41, 5.74) is 1.02. The summed E-state index contributed by atoms with van der Waals surface area (Å²) in [6, 6.07) is 16.6. The zero-order chi connectivity index (χ0) is 22.0. The number of sulfonamides is 1. The number of anilines is 1. The first-order valence-electron chi connectivity index (χ1n) is 9.76. The Balaban J connectivity index is 1.59. The normalized spacial score (nSPS) is 14.5. The zero-order valence-corrected chi connectivity index (χ0v) is 18.0. The number of carbonyl (C=O) groups is 1. The summed E-state index contributed by atoms with van der Waals surface area (Å²) in [5.74, 6) is -0.646. The Kier molecular flexibility index (Phi) is 5.95. The number of nitrogens with zero attached hydrogens (tertiary/aromatic N) is 1. The van der Waals surface area contributed by atoms with Gasteiger partial charge in [0, 0.05) is 24.5 Å². The smallest absolute Gasteiger partial charge is 0.261 e. The first kappa shape index (κ1) is 21.3. The van der Waals surface area contributed by atoms with Gasteiger partial charge in [-0.3, -0.25) is 9.59 Å². The Morgan fingerprint density at radius 1 is 1.00 bits per heavy atom. The van der Waals surface area contributed by atoms with Crippen molar-refractivity contribution in [2.75, 3.05) is 18.4 Å². The second-order valence-corrected chi connectivity index (χ2v) is 9.50. The third kappa shape index (κ3) is 4.41. The summed E-state index contributed by atoms with van der Waals surface area (Å²) in [4.78, 5) is 27.8. The molecule has 1 amide bonds. The molecule has 9 heteroatoms. The van der Waals surface area contributed by atoms with E-state index in [9.17, 15) is 18.0 Å². The number of amides is 1. The van der Waals surface area contributed by atoms with Gasteiger partial charge in [0.15, 0.2) is 0 Å². The predicted octanol–water partition coefficient (Wildman–Crippen LogP) is 3.73. The molecule has 2 heterocycles. The van der Waals surface area contributed by atoms with Gasteiger partial charge in [-0.15, -0.1) is 0 Å². The van der Waals surface area contributed by atoms with Crippen LogP contribution in [0.25, 0.3) is 11.3 Å². The lowest BCUT2D eigenvalue weighted by Crippen LogP contribution is -2.28. The maximum absolute atomic E-state index is 12.9. The summed E-state index contributed by atoms with van der Waals surface area (Å²) in [6.07, 6.45) is 1.60. The van der Waals surface area contributed by atoms with Crippen molar-refractivity contribution in [3.63, 3.8) is 0 Å². The van der Waals surface area contributed by atoms with Crippen LogP contribution in [0.4, 0.5) is 5.69 Å². The number of benzene rings is 2. The van der Waals surface area contributed by atoms with Gasteiger partial charge in [0.2, 0.25) is 10.0 Å². The van der Waals surface area contributed by atoms with Gasteiger partial charge in [-0.2, -0.15) is 4.31 Å². The van der Waals surface area contributed by atoms with Gasteiger partial charge in [-0.1, -0.05) is 41.9 Å². The lowest BCUT2D eigenvalue weighted by atomic mass is 10.1. The van der Waals surface area contributed by atoms with Gasteiger partial charge in [0.25, 0.3) is 11.5 Å². The van der Waals surface area contributed by atoms with Crippen molar-refractivity contribution >= 4 is 33.2 Å². The molecule has 0 radical (unpaired) electrons. The lowest BCUT2D eigenvalue weighted by molar-refractivity contribution is 0.102. The fourth-order valence-corrected chi connectivity index (χ4v) is 5.50. The van der Waals surface area contributed by atoms with Gasteiger partial charge < -0.3 is 10.3 Å². The summed E-state index contributed by atoms with van der Waals surface area (Å²) in [5, 5.41) is 2.67. The Bertz CT molecular complexity index is 1280.